The fourth-order valence-corrected chi connectivity index (χ4v) is 2.68. The highest BCUT2D eigenvalue weighted by Gasteiger charge is 2.16. The molecule has 0 fully saturated rings. The molecule has 2 rings (SSSR count). The summed E-state index contributed by atoms with van der Waals surface area (Å²) < 4.78 is 13.5. The summed E-state index contributed by atoms with van der Waals surface area (Å²) >= 11 is 6.25. The van der Waals surface area contributed by atoms with Gasteiger partial charge in [0.1, 0.15) is 5.82 Å². The van der Waals surface area contributed by atoms with Gasteiger partial charge in [-0.25, -0.2) is 4.39 Å². The van der Waals surface area contributed by atoms with Crippen LogP contribution in [0.5, 0.6) is 0 Å². The third-order valence-electron chi connectivity index (χ3n) is 3.47. The van der Waals surface area contributed by atoms with Gasteiger partial charge in [0, 0.05) is 5.02 Å². The van der Waals surface area contributed by atoms with Crippen LogP contribution in [0.4, 0.5) is 4.39 Å². The second kappa shape index (κ2) is 7.41. The number of hydrogen-bond donors (Lipinski definition) is 1. The summed E-state index contributed by atoms with van der Waals surface area (Å²) in [6.45, 7) is 0.879. The number of rotatable bonds is 6. The molecule has 2 aromatic carbocycles. The molecule has 0 saturated heterocycles. The van der Waals surface area contributed by atoms with Crippen molar-refractivity contribution in [2.45, 2.75) is 18.8 Å². The molecule has 3 heteroatoms. The van der Waals surface area contributed by atoms with Gasteiger partial charge in [0.15, 0.2) is 0 Å². The standard InChI is InChI=1S/C17H19ClFN/c1-20-10-9-14(11-13-5-3-2-4-6-13)16-12-15(19)7-8-17(16)18/h2-8,12,14,20H,9-11H2,1H3. The first-order chi connectivity index (χ1) is 9.70. The Morgan fingerprint density at radius 1 is 1.15 bits per heavy atom. The van der Waals surface area contributed by atoms with Crippen LogP contribution in [0.15, 0.2) is 48.5 Å². The van der Waals surface area contributed by atoms with E-state index in [-0.39, 0.29) is 11.7 Å². The zero-order chi connectivity index (χ0) is 14.4. The predicted octanol–water partition coefficient (Wildman–Crippen LogP) is 4.41. The van der Waals surface area contributed by atoms with Crippen LogP contribution in [-0.2, 0) is 6.42 Å². The van der Waals surface area contributed by atoms with Crippen LogP contribution in [0.2, 0.25) is 5.02 Å². The van der Waals surface area contributed by atoms with Crippen molar-refractivity contribution in [3.8, 4) is 0 Å². The van der Waals surface area contributed by atoms with Gasteiger partial charge in [0.05, 0.1) is 0 Å². The van der Waals surface area contributed by atoms with Crippen molar-refractivity contribution in [1.29, 1.82) is 0 Å². The van der Waals surface area contributed by atoms with E-state index in [1.807, 2.05) is 25.2 Å². The average molecular weight is 292 g/mol. The Morgan fingerprint density at radius 3 is 2.60 bits per heavy atom. The maximum absolute atomic E-state index is 13.5. The van der Waals surface area contributed by atoms with E-state index in [0.717, 1.165) is 24.9 Å². The van der Waals surface area contributed by atoms with Crippen molar-refractivity contribution < 1.29 is 4.39 Å². The predicted molar refractivity (Wildman–Crippen MR) is 82.8 cm³/mol. The van der Waals surface area contributed by atoms with Crippen molar-refractivity contribution >= 4 is 11.6 Å². The Labute approximate surface area is 124 Å². The Hall–Kier alpha value is -1.38. The summed E-state index contributed by atoms with van der Waals surface area (Å²) in [6.07, 6.45) is 1.79. The van der Waals surface area contributed by atoms with Crippen LogP contribution in [0.3, 0.4) is 0 Å². The Bertz CT molecular complexity index is 542. The van der Waals surface area contributed by atoms with Gasteiger partial charge in [-0.2, -0.15) is 0 Å². The topological polar surface area (TPSA) is 12.0 Å². The van der Waals surface area contributed by atoms with Crippen LogP contribution in [-0.4, -0.2) is 13.6 Å². The highest BCUT2D eigenvalue weighted by Crippen LogP contribution is 2.30. The number of benzene rings is 2. The third-order valence-corrected chi connectivity index (χ3v) is 3.81. The lowest BCUT2D eigenvalue weighted by molar-refractivity contribution is 0.581. The van der Waals surface area contributed by atoms with E-state index in [9.17, 15) is 4.39 Å². The minimum absolute atomic E-state index is 0.216. The van der Waals surface area contributed by atoms with Gasteiger partial charge in [-0.3, -0.25) is 0 Å². The maximum Gasteiger partial charge on any atom is 0.123 e. The normalized spacial score (nSPS) is 12.3. The van der Waals surface area contributed by atoms with Crippen LogP contribution in [0, 0.1) is 5.82 Å². The summed E-state index contributed by atoms with van der Waals surface area (Å²) in [6, 6.07) is 14.9. The third kappa shape index (κ3) is 4.06. The number of halogens is 2. The van der Waals surface area contributed by atoms with Gasteiger partial charge in [-0.1, -0.05) is 41.9 Å². The first-order valence-electron chi connectivity index (χ1n) is 6.84. The van der Waals surface area contributed by atoms with E-state index in [1.54, 1.807) is 12.1 Å². The molecule has 0 amide bonds. The Morgan fingerprint density at radius 2 is 1.90 bits per heavy atom. The highest BCUT2D eigenvalue weighted by molar-refractivity contribution is 6.31. The lowest BCUT2D eigenvalue weighted by atomic mass is 9.89. The molecule has 2 aromatic rings. The molecular formula is C17H19ClFN. The molecule has 20 heavy (non-hydrogen) atoms. The molecule has 0 aliphatic rings. The molecule has 0 aliphatic carbocycles. The SMILES string of the molecule is CNCCC(Cc1ccccc1)c1cc(F)ccc1Cl. The van der Waals surface area contributed by atoms with Crippen LogP contribution >= 0.6 is 11.6 Å². The number of hydrogen-bond acceptors (Lipinski definition) is 1. The van der Waals surface area contributed by atoms with Gasteiger partial charge >= 0.3 is 0 Å². The summed E-state index contributed by atoms with van der Waals surface area (Å²) in [5.41, 5.74) is 2.14. The lowest BCUT2D eigenvalue weighted by Gasteiger charge is -2.19. The van der Waals surface area contributed by atoms with Crippen LogP contribution in [0.25, 0.3) is 0 Å². The number of nitrogens with one attached hydrogen (secondary N) is 1. The molecule has 0 spiro atoms. The van der Waals surface area contributed by atoms with E-state index in [2.05, 4.69) is 17.4 Å². The van der Waals surface area contributed by atoms with E-state index in [4.69, 9.17) is 11.6 Å². The second-order valence-corrected chi connectivity index (χ2v) is 5.35. The van der Waals surface area contributed by atoms with Gasteiger partial charge in [-0.15, -0.1) is 0 Å². The van der Waals surface area contributed by atoms with E-state index in [0.29, 0.717) is 5.02 Å². The highest BCUT2D eigenvalue weighted by atomic mass is 35.5. The summed E-state index contributed by atoms with van der Waals surface area (Å²) in [5, 5.41) is 3.79. The summed E-state index contributed by atoms with van der Waals surface area (Å²) in [7, 11) is 1.92. The molecule has 0 radical (unpaired) electrons. The quantitative estimate of drug-likeness (QED) is 0.831. The van der Waals surface area contributed by atoms with Crippen molar-refractivity contribution in [1.82, 2.24) is 5.32 Å². The van der Waals surface area contributed by atoms with E-state index in [1.165, 1.54) is 11.6 Å². The molecule has 0 heterocycles. The van der Waals surface area contributed by atoms with Gasteiger partial charge in [-0.05, 0) is 61.7 Å². The van der Waals surface area contributed by atoms with Crippen molar-refractivity contribution in [3.63, 3.8) is 0 Å². The van der Waals surface area contributed by atoms with Crippen molar-refractivity contribution in [3.05, 3.63) is 70.5 Å². The zero-order valence-electron chi connectivity index (χ0n) is 11.6. The molecule has 1 atom stereocenters. The lowest BCUT2D eigenvalue weighted by Crippen LogP contribution is -2.14. The fraction of sp³-hybridized carbons (Fsp3) is 0.294. The molecule has 1 nitrogen and oxygen atoms in total. The summed E-state index contributed by atoms with van der Waals surface area (Å²) in [5.74, 6) is -0.0139. The van der Waals surface area contributed by atoms with Gasteiger partial charge in [0.25, 0.3) is 0 Å². The Kier molecular flexibility index (Phi) is 5.57. The van der Waals surface area contributed by atoms with Crippen molar-refractivity contribution in [2.75, 3.05) is 13.6 Å². The molecule has 106 valence electrons. The van der Waals surface area contributed by atoms with Gasteiger partial charge < -0.3 is 5.32 Å². The molecule has 1 unspecified atom stereocenters. The first kappa shape index (κ1) is 15.0. The Balaban J connectivity index is 2.24. The van der Waals surface area contributed by atoms with Gasteiger partial charge in [0.2, 0.25) is 0 Å². The van der Waals surface area contributed by atoms with Crippen LogP contribution < -0.4 is 5.32 Å². The largest absolute Gasteiger partial charge is 0.320 e. The minimum Gasteiger partial charge on any atom is -0.320 e. The maximum atomic E-state index is 13.5. The second-order valence-electron chi connectivity index (χ2n) is 4.94. The fourth-order valence-electron chi connectivity index (χ4n) is 2.41. The zero-order valence-corrected chi connectivity index (χ0v) is 12.3. The van der Waals surface area contributed by atoms with E-state index >= 15 is 0 Å². The molecule has 0 aliphatic heterocycles. The average Bonchev–Trinajstić information content (AvgIpc) is 2.47. The van der Waals surface area contributed by atoms with Crippen LogP contribution in [0.1, 0.15) is 23.5 Å². The molecule has 0 saturated carbocycles. The minimum atomic E-state index is -0.230. The first-order valence-corrected chi connectivity index (χ1v) is 7.22. The van der Waals surface area contributed by atoms with Crippen molar-refractivity contribution in [2.24, 2.45) is 0 Å². The summed E-state index contributed by atoms with van der Waals surface area (Å²) in [4.78, 5) is 0. The molecule has 0 bridgehead atoms. The monoisotopic (exact) mass is 291 g/mol. The molecule has 1 N–H and O–H groups in total. The molecule has 0 aromatic heterocycles. The van der Waals surface area contributed by atoms with E-state index < -0.39 is 0 Å². The molecular weight excluding hydrogens is 273 g/mol. The smallest absolute Gasteiger partial charge is 0.123 e.